The van der Waals surface area contributed by atoms with Crippen LogP contribution >= 0.6 is 0 Å². The molecule has 0 aliphatic carbocycles. The summed E-state index contributed by atoms with van der Waals surface area (Å²) in [6, 6.07) is -0.0225. The Labute approximate surface area is 133 Å². The van der Waals surface area contributed by atoms with E-state index in [-0.39, 0.29) is 17.5 Å². The SMILES string of the molecule is CN=C(NCC(C)CN1CCOCC1)NC1CCS(=O)(=O)C1. The lowest BCUT2D eigenvalue weighted by molar-refractivity contribution is 0.0320. The third kappa shape index (κ3) is 5.73. The van der Waals surface area contributed by atoms with Crippen LogP contribution in [-0.2, 0) is 14.6 Å². The Balaban J connectivity index is 1.69. The number of nitrogens with zero attached hydrogens (tertiary/aromatic N) is 2. The van der Waals surface area contributed by atoms with E-state index in [4.69, 9.17) is 4.74 Å². The molecule has 128 valence electrons. The molecule has 2 aliphatic heterocycles. The first-order valence-electron chi connectivity index (χ1n) is 7.96. The van der Waals surface area contributed by atoms with Gasteiger partial charge in [0.25, 0.3) is 0 Å². The number of hydrogen-bond acceptors (Lipinski definition) is 5. The van der Waals surface area contributed by atoms with Gasteiger partial charge < -0.3 is 15.4 Å². The van der Waals surface area contributed by atoms with Gasteiger partial charge in [-0.15, -0.1) is 0 Å². The minimum atomic E-state index is -2.86. The third-order valence-corrected chi connectivity index (χ3v) is 5.86. The molecule has 2 unspecified atom stereocenters. The van der Waals surface area contributed by atoms with Crippen molar-refractivity contribution in [1.29, 1.82) is 0 Å². The van der Waals surface area contributed by atoms with Gasteiger partial charge in [0.05, 0.1) is 24.7 Å². The van der Waals surface area contributed by atoms with E-state index in [2.05, 4.69) is 27.4 Å². The first-order valence-corrected chi connectivity index (χ1v) is 9.78. The number of hydrogen-bond donors (Lipinski definition) is 2. The smallest absolute Gasteiger partial charge is 0.191 e. The standard InChI is InChI=1S/C14H28N4O3S/c1-12(10-18-4-6-21-7-5-18)9-16-14(15-2)17-13-3-8-22(19,20)11-13/h12-13H,3-11H2,1-2H3,(H2,15,16,17). The van der Waals surface area contributed by atoms with Crippen molar-refractivity contribution >= 4 is 15.8 Å². The summed E-state index contributed by atoms with van der Waals surface area (Å²) < 4.78 is 28.3. The van der Waals surface area contributed by atoms with Gasteiger partial charge >= 0.3 is 0 Å². The molecule has 0 aromatic carbocycles. The Morgan fingerprint density at radius 2 is 2.14 bits per heavy atom. The van der Waals surface area contributed by atoms with E-state index in [9.17, 15) is 8.42 Å². The minimum Gasteiger partial charge on any atom is -0.379 e. The zero-order valence-electron chi connectivity index (χ0n) is 13.5. The second-order valence-corrected chi connectivity index (χ2v) is 8.44. The van der Waals surface area contributed by atoms with E-state index >= 15 is 0 Å². The quantitative estimate of drug-likeness (QED) is 0.512. The summed E-state index contributed by atoms with van der Waals surface area (Å²) in [6.45, 7) is 7.69. The van der Waals surface area contributed by atoms with E-state index in [0.29, 0.717) is 18.3 Å². The average molecular weight is 332 g/mol. The highest BCUT2D eigenvalue weighted by Crippen LogP contribution is 2.11. The maximum absolute atomic E-state index is 11.5. The van der Waals surface area contributed by atoms with Crippen LogP contribution < -0.4 is 10.6 Å². The number of aliphatic imine (C=N–C) groups is 1. The molecule has 0 spiro atoms. The third-order valence-electron chi connectivity index (χ3n) is 4.09. The molecule has 8 heteroatoms. The van der Waals surface area contributed by atoms with Gasteiger partial charge in [-0.2, -0.15) is 0 Å². The fourth-order valence-electron chi connectivity index (χ4n) is 2.86. The number of sulfone groups is 1. The largest absolute Gasteiger partial charge is 0.379 e. The predicted octanol–water partition coefficient (Wildman–Crippen LogP) is -0.693. The van der Waals surface area contributed by atoms with E-state index in [1.807, 2.05) is 0 Å². The molecule has 0 amide bonds. The van der Waals surface area contributed by atoms with Gasteiger partial charge in [0.15, 0.2) is 15.8 Å². The van der Waals surface area contributed by atoms with Crippen LogP contribution in [0, 0.1) is 5.92 Å². The summed E-state index contributed by atoms with van der Waals surface area (Å²) in [4.78, 5) is 6.60. The molecule has 7 nitrogen and oxygen atoms in total. The molecule has 0 saturated carbocycles. The van der Waals surface area contributed by atoms with E-state index in [0.717, 1.165) is 39.4 Å². The molecule has 0 bridgehead atoms. The highest BCUT2D eigenvalue weighted by molar-refractivity contribution is 7.91. The summed E-state index contributed by atoms with van der Waals surface area (Å²) in [5.74, 6) is 1.66. The molecular formula is C14H28N4O3S. The number of nitrogens with one attached hydrogen (secondary N) is 2. The first-order chi connectivity index (χ1) is 10.5. The van der Waals surface area contributed by atoms with Gasteiger partial charge in [0.2, 0.25) is 0 Å². The Morgan fingerprint density at radius 1 is 1.41 bits per heavy atom. The van der Waals surface area contributed by atoms with Crippen LogP contribution in [0.2, 0.25) is 0 Å². The van der Waals surface area contributed by atoms with Crippen LogP contribution in [0.5, 0.6) is 0 Å². The van der Waals surface area contributed by atoms with Gasteiger partial charge in [0.1, 0.15) is 0 Å². The van der Waals surface area contributed by atoms with Crippen molar-refractivity contribution in [3.63, 3.8) is 0 Å². The lowest BCUT2D eigenvalue weighted by Gasteiger charge is -2.29. The molecule has 0 aromatic rings. The van der Waals surface area contributed by atoms with Crippen LogP contribution in [0.1, 0.15) is 13.3 Å². The van der Waals surface area contributed by atoms with Crippen LogP contribution in [0.25, 0.3) is 0 Å². The molecule has 2 atom stereocenters. The number of ether oxygens (including phenoxy) is 1. The Bertz CT molecular complexity index is 474. The van der Waals surface area contributed by atoms with Gasteiger partial charge in [-0.05, 0) is 12.3 Å². The molecule has 0 aromatic heterocycles. The summed E-state index contributed by atoms with van der Waals surface area (Å²) in [5, 5.41) is 6.51. The Morgan fingerprint density at radius 3 is 2.73 bits per heavy atom. The van der Waals surface area contributed by atoms with Crippen molar-refractivity contribution in [2.75, 3.05) is 57.9 Å². The fraction of sp³-hybridized carbons (Fsp3) is 0.929. The summed E-state index contributed by atoms with van der Waals surface area (Å²) in [7, 11) is -1.15. The summed E-state index contributed by atoms with van der Waals surface area (Å²) >= 11 is 0. The van der Waals surface area contributed by atoms with Crippen LogP contribution in [0.4, 0.5) is 0 Å². The van der Waals surface area contributed by atoms with Gasteiger partial charge in [-0.25, -0.2) is 8.42 Å². The van der Waals surface area contributed by atoms with Crippen LogP contribution in [-0.4, -0.2) is 83.3 Å². The predicted molar refractivity (Wildman–Crippen MR) is 88.0 cm³/mol. The molecule has 2 fully saturated rings. The zero-order valence-corrected chi connectivity index (χ0v) is 14.4. The summed E-state index contributed by atoms with van der Waals surface area (Å²) in [5.41, 5.74) is 0. The highest BCUT2D eigenvalue weighted by Gasteiger charge is 2.28. The molecule has 2 rings (SSSR count). The number of rotatable bonds is 5. The van der Waals surface area contributed by atoms with Gasteiger partial charge in [-0.1, -0.05) is 6.92 Å². The molecule has 2 N–H and O–H groups in total. The lowest BCUT2D eigenvalue weighted by atomic mass is 10.1. The molecule has 2 heterocycles. The van der Waals surface area contributed by atoms with Crippen LogP contribution in [0.15, 0.2) is 4.99 Å². The second kappa shape index (κ2) is 8.12. The second-order valence-electron chi connectivity index (χ2n) is 6.22. The van der Waals surface area contributed by atoms with Crippen molar-refractivity contribution in [2.24, 2.45) is 10.9 Å². The van der Waals surface area contributed by atoms with Crippen molar-refractivity contribution in [1.82, 2.24) is 15.5 Å². The lowest BCUT2D eigenvalue weighted by Crippen LogP contribution is -2.47. The van der Waals surface area contributed by atoms with Crippen molar-refractivity contribution in [2.45, 2.75) is 19.4 Å². The molecule has 0 radical (unpaired) electrons. The average Bonchev–Trinajstić information content (AvgIpc) is 2.83. The summed E-state index contributed by atoms with van der Waals surface area (Å²) in [6.07, 6.45) is 0.659. The topological polar surface area (TPSA) is 83.0 Å². The molecule has 2 aliphatic rings. The van der Waals surface area contributed by atoms with Crippen molar-refractivity contribution in [3.8, 4) is 0 Å². The number of guanidine groups is 1. The van der Waals surface area contributed by atoms with E-state index in [1.165, 1.54) is 0 Å². The van der Waals surface area contributed by atoms with E-state index in [1.54, 1.807) is 7.05 Å². The normalized spacial score (nSPS) is 27.5. The highest BCUT2D eigenvalue weighted by atomic mass is 32.2. The maximum Gasteiger partial charge on any atom is 0.191 e. The van der Waals surface area contributed by atoms with Gasteiger partial charge in [0, 0.05) is 39.3 Å². The molecule has 2 saturated heterocycles. The first kappa shape index (κ1) is 17.5. The minimum absolute atomic E-state index is 0.0225. The Hall–Kier alpha value is -0.860. The van der Waals surface area contributed by atoms with E-state index < -0.39 is 9.84 Å². The maximum atomic E-state index is 11.5. The molecular weight excluding hydrogens is 304 g/mol. The number of morpholine rings is 1. The van der Waals surface area contributed by atoms with Gasteiger partial charge in [-0.3, -0.25) is 9.89 Å². The molecule has 22 heavy (non-hydrogen) atoms. The monoisotopic (exact) mass is 332 g/mol. The van der Waals surface area contributed by atoms with Crippen molar-refractivity contribution in [3.05, 3.63) is 0 Å². The van der Waals surface area contributed by atoms with Crippen LogP contribution in [0.3, 0.4) is 0 Å². The zero-order chi connectivity index (χ0) is 16.0. The fourth-order valence-corrected chi connectivity index (χ4v) is 4.53. The van der Waals surface area contributed by atoms with Crippen molar-refractivity contribution < 1.29 is 13.2 Å². The Kier molecular flexibility index (Phi) is 6.46.